The molecule has 4 nitrogen and oxygen atoms in total. The minimum atomic E-state index is -2.78. The molecule has 2 unspecified atom stereocenters. The lowest BCUT2D eigenvalue weighted by Gasteiger charge is -2.37. The Morgan fingerprint density at radius 3 is 2.65 bits per heavy atom. The van der Waals surface area contributed by atoms with Crippen LogP contribution in [0.4, 0.5) is 14.5 Å². The van der Waals surface area contributed by atoms with Gasteiger partial charge >= 0.3 is 0 Å². The summed E-state index contributed by atoms with van der Waals surface area (Å²) in [6.07, 6.45) is 0.728. The Morgan fingerprint density at radius 1 is 1.22 bits per heavy atom. The van der Waals surface area contributed by atoms with Gasteiger partial charge in [-0.1, -0.05) is 18.2 Å². The topological polar surface area (TPSA) is 63.4 Å². The van der Waals surface area contributed by atoms with E-state index < -0.39 is 30.1 Å². The van der Waals surface area contributed by atoms with Crippen LogP contribution in [0, 0.1) is 11.8 Å². The lowest BCUT2D eigenvalue weighted by molar-refractivity contribution is -0.130. The van der Waals surface area contributed by atoms with Crippen molar-refractivity contribution in [2.45, 2.75) is 38.0 Å². The van der Waals surface area contributed by atoms with Crippen LogP contribution >= 0.6 is 0 Å². The van der Waals surface area contributed by atoms with Gasteiger partial charge in [-0.15, -0.1) is 0 Å². The number of primary amides is 1. The number of carbonyl (C=O) groups excluding carboxylic acids is 2. The fraction of sp³-hybridized carbons (Fsp3) is 0.529. The highest BCUT2D eigenvalue weighted by Gasteiger charge is 2.42. The van der Waals surface area contributed by atoms with E-state index in [1.807, 2.05) is 12.1 Å². The number of halogens is 2. The van der Waals surface area contributed by atoms with Gasteiger partial charge in [0.25, 0.3) is 0 Å². The zero-order chi connectivity index (χ0) is 16.6. The number of amides is 2. The molecule has 3 rings (SSSR count). The lowest BCUT2D eigenvalue weighted by Crippen LogP contribution is -2.48. The molecule has 0 saturated heterocycles. The standard InChI is InChI=1S/C17H20F2N2O2/c18-17(19)7-3-5-12(9-17)16(23)21-10-13(15(20)22)8-11-4-1-2-6-14(11)21/h1-2,4,6,12-13H,3,5,7-10H2,(H2,20,22). The average Bonchev–Trinajstić information content (AvgIpc) is 2.52. The molecule has 23 heavy (non-hydrogen) atoms. The first kappa shape index (κ1) is 15.9. The van der Waals surface area contributed by atoms with Gasteiger partial charge in [0, 0.05) is 31.0 Å². The number of nitrogens with two attached hydrogens (primary N) is 1. The molecule has 1 saturated carbocycles. The van der Waals surface area contributed by atoms with Crippen LogP contribution in [0.3, 0.4) is 0 Å². The third kappa shape index (κ3) is 3.21. The number of fused-ring (bicyclic) bond motifs is 1. The van der Waals surface area contributed by atoms with Crippen molar-refractivity contribution in [3.05, 3.63) is 29.8 Å². The smallest absolute Gasteiger partial charge is 0.248 e. The Labute approximate surface area is 133 Å². The van der Waals surface area contributed by atoms with Crippen LogP contribution in [-0.4, -0.2) is 24.3 Å². The normalized spacial score (nSPS) is 26.4. The van der Waals surface area contributed by atoms with Gasteiger partial charge in [0.05, 0.1) is 5.92 Å². The van der Waals surface area contributed by atoms with Gasteiger partial charge in [-0.3, -0.25) is 9.59 Å². The molecule has 1 aliphatic heterocycles. The van der Waals surface area contributed by atoms with Crippen molar-refractivity contribution in [2.24, 2.45) is 17.6 Å². The first-order valence-electron chi connectivity index (χ1n) is 7.94. The molecule has 2 atom stereocenters. The predicted octanol–water partition coefficient (Wildman–Crippen LogP) is 2.50. The highest BCUT2D eigenvalue weighted by molar-refractivity contribution is 5.97. The molecule has 1 aromatic rings. The molecule has 6 heteroatoms. The number of rotatable bonds is 2. The fourth-order valence-corrected chi connectivity index (χ4v) is 3.60. The summed E-state index contributed by atoms with van der Waals surface area (Å²) in [6.45, 7) is 0.174. The summed E-state index contributed by atoms with van der Waals surface area (Å²) in [5.74, 6) is -4.73. The van der Waals surface area contributed by atoms with Gasteiger partial charge in [-0.2, -0.15) is 0 Å². The van der Waals surface area contributed by atoms with E-state index in [9.17, 15) is 18.4 Å². The molecule has 0 bridgehead atoms. The van der Waals surface area contributed by atoms with Crippen molar-refractivity contribution < 1.29 is 18.4 Å². The summed E-state index contributed by atoms with van der Waals surface area (Å²) in [6, 6.07) is 7.28. The molecule has 1 fully saturated rings. The Kier molecular flexibility index (Phi) is 4.08. The first-order valence-corrected chi connectivity index (χ1v) is 7.94. The summed E-state index contributed by atoms with van der Waals surface area (Å²) in [5.41, 5.74) is 6.98. The summed E-state index contributed by atoms with van der Waals surface area (Å²) in [7, 11) is 0. The number of alkyl halides is 2. The van der Waals surface area contributed by atoms with Crippen LogP contribution in [0.25, 0.3) is 0 Å². The molecule has 2 amide bonds. The van der Waals surface area contributed by atoms with E-state index in [4.69, 9.17) is 5.73 Å². The third-order valence-corrected chi connectivity index (χ3v) is 4.81. The summed E-state index contributed by atoms with van der Waals surface area (Å²) in [4.78, 5) is 25.9. The SMILES string of the molecule is NC(=O)C1Cc2ccccc2N(C(=O)C2CCCC(F)(F)C2)C1. The number of para-hydroxylation sites is 1. The third-order valence-electron chi connectivity index (χ3n) is 4.81. The molecule has 0 aromatic heterocycles. The first-order chi connectivity index (χ1) is 10.9. The number of benzene rings is 1. The molecule has 1 aromatic carbocycles. The number of anilines is 1. The highest BCUT2D eigenvalue weighted by Crippen LogP contribution is 2.39. The molecule has 2 aliphatic rings. The maximum absolute atomic E-state index is 13.6. The number of hydrogen-bond donors (Lipinski definition) is 1. The zero-order valence-corrected chi connectivity index (χ0v) is 12.8. The molecule has 124 valence electrons. The number of nitrogens with zero attached hydrogens (tertiary/aromatic N) is 1. The molecule has 1 heterocycles. The van der Waals surface area contributed by atoms with Gasteiger partial charge in [0.2, 0.25) is 17.7 Å². The molecule has 1 aliphatic carbocycles. The monoisotopic (exact) mass is 322 g/mol. The summed E-state index contributed by atoms with van der Waals surface area (Å²) < 4.78 is 27.3. The van der Waals surface area contributed by atoms with Crippen LogP contribution in [0.1, 0.15) is 31.2 Å². The van der Waals surface area contributed by atoms with Gasteiger partial charge < -0.3 is 10.6 Å². The van der Waals surface area contributed by atoms with Gasteiger partial charge in [-0.25, -0.2) is 8.78 Å². The van der Waals surface area contributed by atoms with Crippen molar-refractivity contribution in [1.82, 2.24) is 0 Å². The van der Waals surface area contributed by atoms with Crippen LogP contribution in [0.2, 0.25) is 0 Å². The van der Waals surface area contributed by atoms with E-state index in [1.54, 1.807) is 12.1 Å². The highest BCUT2D eigenvalue weighted by atomic mass is 19.3. The quantitative estimate of drug-likeness (QED) is 0.909. The fourth-order valence-electron chi connectivity index (χ4n) is 3.60. The molecular formula is C17H20F2N2O2. The second-order valence-corrected chi connectivity index (χ2v) is 6.53. The van der Waals surface area contributed by atoms with Crippen LogP contribution in [0.15, 0.2) is 24.3 Å². The lowest BCUT2D eigenvalue weighted by atomic mass is 9.84. The second kappa shape index (κ2) is 5.91. The number of carbonyl (C=O) groups is 2. The van der Waals surface area contributed by atoms with Gasteiger partial charge in [0.1, 0.15) is 0 Å². The van der Waals surface area contributed by atoms with Crippen molar-refractivity contribution in [3.8, 4) is 0 Å². The summed E-state index contributed by atoms with van der Waals surface area (Å²) in [5, 5.41) is 0. The summed E-state index contributed by atoms with van der Waals surface area (Å²) >= 11 is 0. The van der Waals surface area contributed by atoms with Gasteiger partial charge in [-0.05, 0) is 30.9 Å². The molecule has 0 radical (unpaired) electrons. The molecule has 2 N–H and O–H groups in total. The van der Waals surface area contributed by atoms with Crippen LogP contribution < -0.4 is 10.6 Å². The molecule has 0 spiro atoms. The largest absolute Gasteiger partial charge is 0.369 e. The van der Waals surface area contributed by atoms with E-state index in [2.05, 4.69) is 0 Å². The number of hydrogen-bond acceptors (Lipinski definition) is 2. The second-order valence-electron chi connectivity index (χ2n) is 6.53. The van der Waals surface area contributed by atoms with Crippen molar-refractivity contribution in [2.75, 3.05) is 11.4 Å². The Hall–Kier alpha value is -1.98. The van der Waals surface area contributed by atoms with E-state index in [0.29, 0.717) is 24.9 Å². The Morgan fingerprint density at radius 2 is 1.96 bits per heavy atom. The van der Waals surface area contributed by atoms with Gasteiger partial charge in [0.15, 0.2) is 0 Å². The van der Waals surface area contributed by atoms with E-state index >= 15 is 0 Å². The zero-order valence-electron chi connectivity index (χ0n) is 12.8. The maximum atomic E-state index is 13.6. The minimum Gasteiger partial charge on any atom is -0.369 e. The average molecular weight is 322 g/mol. The Bertz CT molecular complexity index is 633. The molecular weight excluding hydrogens is 302 g/mol. The van der Waals surface area contributed by atoms with E-state index in [0.717, 1.165) is 5.56 Å². The van der Waals surface area contributed by atoms with Crippen molar-refractivity contribution >= 4 is 17.5 Å². The van der Waals surface area contributed by atoms with E-state index in [-0.39, 0.29) is 18.9 Å². The maximum Gasteiger partial charge on any atom is 0.248 e. The van der Waals surface area contributed by atoms with E-state index in [1.165, 1.54) is 4.90 Å². The van der Waals surface area contributed by atoms with Crippen molar-refractivity contribution in [3.63, 3.8) is 0 Å². The van der Waals surface area contributed by atoms with Crippen molar-refractivity contribution in [1.29, 1.82) is 0 Å². The Balaban J connectivity index is 1.88. The van der Waals surface area contributed by atoms with Crippen LogP contribution in [0.5, 0.6) is 0 Å². The minimum absolute atomic E-state index is 0.155. The van der Waals surface area contributed by atoms with Crippen LogP contribution in [-0.2, 0) is 16.0 Å². The predicted molar refractivity (Wildman–Crippen MR) is 82.1 cm³/mol.